The van der Waals surface area contributed by atoms with Gasteiger partial charge < -0.3 is 10.5 Å². The normalized spacial score (nSPS) is 11.4. The number of hydrogen-bond donors (Lipinski definition) is 2. The van der Waals surface area contributed by atoms with Gasteiger partial charge in [-0.3, -0.25) is 4.55 Å². The number of halogens is 1. The van der Waals surface area contributed by atoms with Gasteiger partial charge in [0.2, 0.25) is 0 Å². The van der Waals surface area contributed by atoms with Crippen molar-refractivity contribution in [2.75, 3.05) is 12.8 Å². The summed E-state index contributed by atoms with van der Waals surface area (Å²) < 4.78 is 35.2. The molecule has 0 aliphatic heterocycles. The average molecular weight is 238 g/mol. The zero-order valence-corrected chi connectivity index (χ0v) is 8.76. The lowest BCUT2D eigenvalue weighted by Crippen LogP contribution is -2.02. The first kappa shape index (κ1) is 11.1. The van der Waals surface area contributed by atoms with Crippen molar-refractivity contribution in [2.24, 2.45) is 0 Å². The molecule has 7 heteroatoms. The molecule has 5 nitrogen and oxygen atoms in total. The van der Waals surface area contributed by atoms with Gasteiger partial charge in [0.15, 0.2) is 0 Å². The quantitative estimate of drug-likeness (QED) is 0.595. The van der Waals surface area contributed by atoms with E-state index in [4.69, 9.17) is 26.6 Å². The molecule has 0 saturated carbocycles. The Hall–Kier alpha value is -0.980. The molecule has 0 atom stereocenters. The smallest absolute Gasteiger partial charge is 0.298 e. The van der Waals surface area contributed by atoms with Crippen molar-refractivity contribution in [1.82, 2.24) is 0 Å². The van der Waals surface area contributed by atoms with Crippen molar-refractivity contribution >= 4 is 27.4 Å². The second kappa shape index (κ2) is 3.64. The minimum Gasteiger partial charge on any atom is -0.495 e. The summed E-state index contributed by atoms with van der Waals surface area (Å²) in [5.74, 6) is -0.0469. The van der Waals surface area contributed by atoms with E-state index in [1.165, 1.54) is 13.2 Å². The van der Waals surface area contributed by atoms with E-state index in [1.807, 2.05) is 0 Å². The van der Waals surface area contributed by atoms with Crippen LogP contribution in [0.4, 0.5) is 5.69 Å². The Morgan fingerprint density at radius 3 is 2.50 bits per heavy atom. The molecule has 0 aromatic heterocycles. The van der Waals surface area contributed by atoms with Gasteiger partial charge in [-0.05, 0) is 6.07 Å². The number of methoxy groups -OCH3 is 1. The molecule has 1 aromatic rings. The molecule has 0 bridgehead atoms. The number of anilines is 1. The van der Waals surface area contributed by atoms with E-state index in [0.29, 0.717) is 0 Å². The van der Waals surface area contributed by atoms with E-state index in [0.717, 1.165) is 6.07 Å². The van der Waals surface area contributed by atoms with E-state index < -0.39 is 15.0 Å². The van der Waals surface area contributed by atoms with E-state index in [-0.39, 0.29) is 16.5 Å². The zero-order chi connectivity index (χ0) is 10.9. The van der Waals surface area contributed by atoms with E-state index in [2.05, 4.69) is 0 Å². The SMILES string of the molecule is COc1cc(N)c(Cl)cc1S(=O)(=O)O. The number of benzene rings is 1. The molecule has 1 aromatic carbocycles. The van der Waals surface area contributed by atoms with Crippen LogP contribution in [0.25, 0.3) is 0 Å². The fourth-order valence-electron chi connectivity index (χ4n) is 0.912. The standard InChI is InChI=1S/C7H8ClNO4S/c1-13-6-3-5(9)4(8)2-7(6)14(10,11)12/h2-3H,9H2,1H3,(H,10,11,12). The van der Waals surface area contributed by atoms with E-state index in [1.54, 1.807) is 0 Å². The summed E-state index contributed by atoms with van der Waals surface area (Å²) in [5, 5.41) is 0.0402. The molecule has 0 aliphatic carbocycles. The molecular weight excluding hydrogens is 230 g/mol. The monoisotopic (exact) mass is 237 g/mol. The van der Waals surface area contributed by atoms with Gasteiger partial charge in [0.25, 0.3) is 10.1 Å². The molecule has 0 aliphatic rings. The fraction of sp³-hybridized carbons (Fsp3) is 0.143. The van der Waals surface area contributed by atoms with Crippen molar-refractivity contribution in [3.05, 3.63) is 17.2 Å². The van der Waals surface area contributed by atoms with Crippen LogP contribution >= 0.6 is 11.6 Å². The third-order valence-corrected chi connectivity index (χ3v) is 2.76. The van der Waals surface area contributed by atoms with Crippen molar-refractivity contribution in [3.63, 3.8) is 0 Å². The summed E-state index contributed by atoms with van der Waals surface area (Å²) in [6.45, 7) is 0. The molecular formula is C7H8ClNO4S. The van der Waals surface area contributed by atoms with Crippen molar-refractivity contribution < 1.29 is 17.7 Å². The number of rotatable bonds is 2. The highest BCUT2D eigenvalue weighted by Gasteiger charge is 2.18. The maximum atomic E-state index is 10.9. The van der Waals surface area contributed by atoms with Gasteiger partial charge >= 0.3 is 0 Å². The first-order valence-electron chi connectivity index (χ1n) is 3.46. The third kappa shape index (κ3) is 2.09. The highest BCUT2D eigenvalue weighted by Crippen LogP contribution is 2.31. The molecule has 0 radical (unpaired) electrons. The van der Waals surface area contributed by atoms with E-state index in [9.17, 15) is 8.42 Å². The maximum Gasteiger partial charge on any atom is 0.298 e. The highest BCUT2D eigenvalue weighted by atomic mass is 35.5. The first-order valence-corrected chi connectivity index (χ1v) is 5.28. The van der Waals surface area contributed by atoms with Crippen LogP contribution in [-0.2, 0) is 10.1 Å². The van der Waals surface area contributed by atoms with Crippen molar-refractivity contribution in [2.45, 2.75) is 4.90 Å². The van der Waals surface area contributed by atoms with Gasteiger partial charge in [0.1, 0.15) is 10.6 Å². The molecule has 0 unspecified atom stereocenters. The number of nitrogens with two attached hydrogens (primary N) is 1. The second-order valence-corrected chi connectivity index (χ2v) is 4.30. The van der Waals surface area contributed by atoms with Crippen LogP contribution in [0.1, 0.15) is 0 Å². The molecule has 0 heterocycles. The van der Waals surface area contributed by atoms with Crippen LogP contribution in [0.15, 0.2) is 17.0 Å². The zero-order valence-electron chi connectivity index (χ0n) is 7.19. The van der Waals surface area contributed by atoms with Crippen LogP contribution in [0.5, 0.6) is 5.75 Å². The number of hydrogen-bond acceptors (Lipinski definition) is 4. The molecule has 3 N–H and O–H groups in total. The van der Waals surface area contributed by atoms with Crippen LogP contribution in [0.3, 0.4) is 0 Å². The Balaban J connectivity index is 3.51. The third-order valence-electron chi connectivity index (χ3n) is 1.56. The van der Waals surface area contributed by atoms with Gasteiger partial charge in [-0.25, -0.2) is 0 Å². The molecule has 1 rings (SSSR count). The topological polar surface area (TPSA) is 89.6 Å². The second-order valence-electron chi connectivity index (χ2n) is 2.50. The summed E-state index contributed by atoms with van der Waals surface area (Å²) in [7, 11) is -3.09. The average Bonchev–Trinajstić information content (AvgIpc) is 2.07. The predicted octanol–water partition coefficient (Wildman–Crippen LogP) is 1.18. The van der Waals surface area contributed by atoms with Crippen LogP contribution < -0.4 is 10.5 Å². The Kier molecular flexibility index (Phi) is 2.89. The summed E-state index contributed by atoms with van der Waals surface area (Å²) in [4.78, 5) is -0.404. The highest BCUT2D eigenvalue weighted by molar-refractivity contribution is 7.86. The summed E-state index contributed by atoms with van der Waals surface area (Å²) in [6, 6.07) is 2.26. The van der Waals surface area contributed by atoms with Crippen LogP contribution in [0, 0.1) is 0 Å². The maximum absolute atomic E-state index is 10.9. The van der Waals surface area contributed by atoms with Crippen molar-refractivity contribution in [1.29, 1.82) is 0 Å². The number of ether oxygens (including phenoxy) is 1. The summed E-state index contributed by atoms with van der Waals surface area (Å²) in [5.41, 5.74) is 5.60. The summed E-state index contributed by atoms with van der Waals surface area (Å²) in [6.07, 6.45) is 0. The van der Waals surface area contributed by atoms with Gasteiger partial charge in [-0.15, -0.1) is 0 Å². The van der Waals surface area contributed by atoms with Crippen LogP contribution in [0.2, 0.25) is 5.02 Å². The van der Waals surface area contributed by atoms with Gasteiger partial charge in [-0.2, -0.15) is 8.42 Å². The minimum atomic E-state index is -4.35. The molecule has 0 amide bonds. The minimum absolute atomic E-state index is 0.0402. The lowest BCUT2D eigenvalue weighted by Gasteiger charge is -2.07. The van der Waals surface area contributed by atoms with Gasteiger partial charge in [-0.1, -0.05) is 11.6 Å². The van der Waals surface area contributed by atoms with Crippen molar-refractivity contribution in [3.8, 4) is 5.75 Å². The predicted molar refractivity (Wildman–Crippen MR) is 52.2 cm³/mol. The molecule has 0 fully saturated rings. The Bertz CT molecular complexity index is 457. The summed E-state index contributed by atoms with van der Waals surface area (Å²) >= 11 is 5.59. The largest absolute Gasteiger partial charge is 0.495 e. The molecule has 0 spiro atoms. The van der Waals surface area contributed by atoms with Gasteiger partial charge in [0, 0.05) is 6.07 Å². The Morgan fingerprint density at radius 2 is 2.07 bits per heavy atom. The lowest BCUT2D eigenvalue weighted by molar-refractivity contribution is 0.398. The molecule has 0 saturated heterocycles. The fourth-order valence-corrected chi connectivity index (χ4v) is 1.80. The first-order chi connectivity index (χ1) is 6.36. The molecule has 14 heavy (non-hydrogen) atoms. The van der Waals surface area contributed by atoms with Crippen LogP contribution in [-0.4, -0.2) is 20.1 Å². The Morgan fingerprint density at radius 1 is 1.50 bits per heavy atom. The van der Waals surface area contributed by atoms with E-state index >= 15 is 0 Å². The Labute approximate surface area is 86.2 Å². The molecule has 78 valence electrons. The van der Waals surface area contributed by atoms with Gasteiger partial charge in [0.05, 0.1) is 17.8 Å². The number of nitrogen functional groups attached to an aromatic ring is 1. The lowest BCUT2D eigenvalue weighted by atomic mass is 10.3.